The van der Waals surface area contributed by atoms with Crippen LogP contribution in [0, 0.1) is 11.8 Å². The van der Waals surface area contributed by atoms with Crippen LogP contribution in [-0.4, -0.2) is 62.8 Å². The summed E-state index contributed by atoms with van der Waals surface area (Å²) in [6.45, 7) is 7.53. The van der Waals surface area contributed by atoms with Gasteiger partial charge in [0.15, 0.2) is 0 Å². The number of urea groups is 1. The number of hydrogen-bond donors (Lipinski definition) is 1. The maximum Gasteiger partial charge on any atom is 0.321 e. The Morgan fingerprint density at radius 3 is 2.50 bits per heavy atom. The number of anilines is 1. The van der Waals surface area contributed by atoms with Gasteiger partial charge in [-0.2, -0.15) is 0 Å². The second-order valence-electron chi connectivity index (χ2n) is 8.05. The predicted molar refractivity (Wildman–Crippen MR) is 113 cm³/mol. The van der Waals surface area contributed by atoms with Gasteiger partial charge in [0.05, 0.1) is 24.9 Å². The lowest BCUT2D eigenvalue weighted by Gasteiger charge is -2.37. The lowest BCUT2D eigenvalue weighted by molar-refractivity contribution is 0.125. The Kier molecular flexibility index (Phi) is 7.30. The molecule has 0 aromatic heterocycles. The molecule has 2 fully saturated rings. The molecule has 2 amide bonds. The number of hydrogen-bond acceptors (Lipinski definition) is 4. The minimum atomic E-state index is -0.107. The molecule has 28 heavy (non-hydrogen) atoms. The Hall–Kier alpha value is -1.66. The molecule has 1 atom stereocenters. The normalized spacial score (nSPS) is 21.4. The predicted octanol–water partition coefficient (Wildman–Crippen LogP) is 4.33. The van der Waals surface area contributed by atoms with Crippen LogP contribution in [0.4, 0.5) is 10.5 Å². The fraction of sp³-hybridized carbons (Fsp3) is 0.667. The van der Waals surface area contributed by atoms with E-state index in [0.717, 1.165) is 31.8 Å². The Bertz CT molecular complexity index is 677. The molecule has 0 bridgehead atoms. The van der Waals surface area contributed by atoms with Crippen molar-refractivity contribution >= 4 is 23.3 Å². The van der Waals surface area contributed by atoms with Gasteiger partial charge in [0, 0.05) is 32.2 Å². The smallest absolute Gasteiger partial charge is 0.321 e. The van der Waals surface area contributed by atoms with Gasteiger partial charge in [0.25, 0.3) is 0 Å². The van der Waals surface area contributed by atoms with Gasteiger partial charge >= 0.3 is 6.03 Å². The zero-order valence-electron chi connectivity index (χ0n) is 17.2. The zero-order valence-corrected chi connectivity index (χ0v) is 17.9. The second kappa shape index (κ2) is 9.70. The molecule has 3 rings (SSSR count). The molecule has 2 aliphatic heterocycles. The number of carbonyl (C=O) groups is 1. The van der Waals surface area contributed by atoms with Gasteiger partial charge < -0.3 is 24.6 Å². The topological polar surface area (TPSA) is 54.0 Å². The quantitative estimate of drug-likeness (QED) is 0.786. The Morgan fingerprint density at radius 1 is 1.14 bits per heavy atom. The summed E-state index contributed by atoms with van der Waals surface area (Å²) in [6, 6.07) is 3.25. The molecule has 2 saturated heterocycles. The average molecular weight is 410 g/mol. The maximum atomic E-state index is 12.7. The van der Waals surface area contributed by atoms with Crippen LogP contribution in [0.2, 0.25) is 5.02 Å². The van der Waals surface area contributed by atoms with Crippen LogP contribution in [0.15, 0.2) is 12.1 Å². The van der Waals surface area contributed by atoms with Crippen molar-refractivity contribution in [3.8, 4) is 11.5 Å². The number of ether oxygens (including phenoxy) is 2. The third kappa shape index (κ3) is 5.23. The van der Waals surface area contributed by atoms with E-state index in [9.17, 15) is 4.79 Å². The standard InChI is InChI=1S/C21H32ClN3O3/c1-15-5-4-8-24(13-15)14-16-6-9-25(10-7-16)21(26)23-18-11-17(22)19(27-2)12-20(18)28-3/h11-12,15-16H,4-10,13-14H2,1-3H3,(H,23,26)/t15-/m0/s1. The van der Waals surface area contributed by atoms with Gasteiger partial charge in [0.1, 0.15) is 11.5 Å². The summed E-state index contributed by atoms with van der Waals surface area (Å²) in [7, 11) is 3.11. The van der Waals surface area contributed by atoms with Crippen molar-refractivity contribution in [2.75, 3.05) is 52.3 Å². The minimum absolute atomic E-state index is 0.107. The van der Waals surface area contributed by atoms with Gasteiger partial charge in [-0.05, 0) is 50.1 Å². The molecule has 0 unspecified atom stereocenters. The third-order valence-electron chi connectivity index (χ3n) is 5.87. The SMILES string of the molecule is COc1cc(OC)c(NC(=O)N2CCC(CN3CCC[C@H](C)C3)CC2)cc1Cl. The fourth-order valence-electron chi connectivity index (χ4n) is 4.29. The molecule has 1 aromatic rings. The summed E-state index contributed by atoms with van der Waals surface area (Å²) < 4.78 is 10.6. The number of nitrogens with zero attached hydrogens (tertiary/aromatic N) is 2. The van der Waals surface area contributed by atoms with Gasteiger partial charge in [-0.3, -0.25) is 0 Å². The maximum absolute atomic E-state index is 12.7. The van der Waals surface area contributed by atoms with Crippen LogP contribution < -0.4 is 14.8 Å². The molecule has 0 radical (unpaired) electrons. The van der Waals surface area contributed by atoms with Crippen LogP contribution in [0.5, 0.6) is 11.5 Å². The zero-order chi connectivity index (χ0) is 20.1. The van der Waals surface area contributed by atoms with E-state index in [-0.39, 0.29) is 6.03 Å². The summed E-state index contributed by atoms with van der Waals surface area (Å²) >= 11 is 6.20. The van der Waals surface area contributed by atoms with Crippen molar-refractivity contribution in [2.24, 2.45) is 11.8 Å². The van der Waals surface area contributed by atoms with E-state index in [1.165, 1.54) is 32.5 Å². The Morgan fingerprint density at radius 2 is 1.86 bits per heavy atom. The summed E-state index contributed by atoms with van der Waals surface area (Å²) in [5.41, 5.74) is 0.558. The van der Waals surface area contributed by atoms with Crippen molar-refractivity contribution in [1.29, 1.82) is 0 Å². The number of methoxy groups -OCH3 is 2. The highest BCUT2D eigenvalue weighted by Gasteiger charge is 2.26. The van der Waals surface area contributed by atoms with Gasteiger partial charge in [-0.25, -0.2) is 4.79 Å². The Balaban J connectivity index is 1.52. The number of likely N-dealkylation sites (tertiary alicyclic amines) is 2. The molecule has 0 aliphatic carbocycles. The summed E-state index contributed by atoms with van der Waals surface area (Å²) in [5, 5.41) is 3.37. The van der Waals surface area contributed by atoms with E-state index in [4.69, 9.17) is 21.1 Å². The number of nitrogens with one attached hydrogen (secondary N) is 1. The molecule has 6 nitrogen and oxygen atoms in total. The van der Waals surface area contributed by atoms with Crippen LogP contribution >= 0.6 is 11.6 Å². The third-order valence-corrected chi connectivity index (χ3v) is 6.17. The van der Waals surface area contributed by atoms with Gasteiger partial charge in [-0.1, -0.05) is 18.5 Å². The fourth-order valence-corrected chi connectivity index (χ4v) is 4.53. The first-order valence-electron chi connectivity index (χ1n) is 10.2. The lowest BCUT2D eigenvalue weighted by atomic mass is 9.94. The first-order chi connectivity index (χ1) is 13.5. The number of piperidine rings is 2. The number of benzene rings is 1. The number of rotatable bonds is 5. The van der Waals surface area contributed by atoms with E-state index in [2.05, 4.69) is 17.1 Å². The van der Waals surface area contributed by atoms with Crippen molar-refractivity contribution in [2.45, 2.75) is 32.6 Å². The van der Waals surface area contributed by atoms with Crippen LogP contribution in [0.25, 0.3) is 0 Å². The number of amides is 2. The van der Waals surface area contributed by atoms with E-state index < -0.39 is 0 Å². The molecule has 0 saturated carbocycles. The van der Waals surface area contributed by atoms with Crippen molar-refractivity contribution in [1.82, 2.24) is 9.80 Å². The highest BCUT2D eigenvalue weighted by Crippen LogP contribution is 2.36. The monoisotopic (exact) mass is 409 g/mol. The molecular formula is C21H32ClN3O3. The number of carbonyl (C=O) groups excluding carboxylic acids is 1. The van der Waals surface area contributed by atoms with E-state index >= 15 is 0 Å². The second-order valence-corrected chi connectivity index (χ2v) is 8.46. The summed E-state index contributed by atoms with van der Waals surface area (Å²) in [5.74, 6) is 2.54. The first kappa shape index (κ1) is 21.1. The average Bonchev–Trinajstić information content (AvgIpc) is 2.69. The van der Waals surface area contributed by atoms with Gasteiger partial charge in [-0.15, -0.1) is 0 Å². The molecule has 1 N–H and O–H groups in total. The molecule has 1 aromatic carbocycles. The Labute approximate surface area is 173 Å². The molecule has 7 heteroatoms. The molecule has 156 valence electrons. The van der Waals surface area contributed by atoms with E-state index in [0.29, 0.717) is 28.1 Å². The highest BCUT2D eigenvalue weighted by molar-refractivity contribution is 6.32. The van der Waals surface area contributed by atoms with Crippen molar-refractivity contribution in [3.05, 3.63) is 17.2 Å². The van der Waals surface area contributed by atoms with Crippen LogP contribution in [0.3, 0.4) is 0 Å². The highest BCUT2D eigenvalue weighted by atomic mass is 35.5. The number of halogens is 1. The summed E-state index contributed by atoms with van der Waals surface area (Å²) in [6.07, 6.45) is 4.78. The van der Waals surface area contributed by atoms with E-state index in [1.54, 1.807) is 26.4 Å². The minimum Gasteiger partial charge on any atom is -0.495 e. The lowest BCUT2D eigenvalue weighted by Crippen LogP contribution is -2.44. The van der Waals surface area contributed by atoms with Crippen molar-refractivity contribution in [3.63, 3.8) is 0 Å². The first-order valence-corrected chi connectivity index (χ1v) is 10.6. The van der Waals surface area contributed by atoms with Gasteiger partial charge in [0.2, 0.25) is 0 Å². The van der Waals surface area contributed by atoms with Crippen LogP contribution in [0.1, 0.15) is 32.6 Å². The molecule has 2 heterocycles. The molecular weight excluding hydrogens is 378 g/mol. The largest absolute Gasteiger partial charge is 0.495 e. The van der Waals surface area contributed by atoms with E-state index in [1.807, 2.05) is 4.90 Å². The summed E-state index contributed by atoms with van der Waals surface area (Å²) in [4.78, 5) is 17.2. The molecule has 2 aliphatic rings. The van der Waals surface area contributed by atoms with Crippen molar-refractivity contribution < 1.29 is 14.3 Å². The van der Waals surface area contributed by atoms with Crippen LogP contribution in [-0.2, 0) is 0 Å². The molecule has 0 spiro atoms.